The molecule has 1 aliphatic rings. The van der Waals surface area contributed by atoms with Gasteiger partial charge >= 0.3 is 0 Å². The molecule has 134 valence electrons. The van der Waals surface area contributed by atoms with Crippen molar-refractivity contribution in [2.24, 2.45) is 7.05 Å². The fourth-order valence-electron chi connectivity index (χ4n) is 3.55. The van der Waals surface area contributed by atoms with Gasteiger partial charge in [-0.25, -0.2) is 0 Å². The van der Waals surface area contributed by atoms with Crippen LogP contribution in [0, 0.1) is 0 Å². The van der Waals surface area contributed by atoms with Crippen molar-refractivity contribution in [3.63, 3.8) is 0 Å². The normalized spacial score (nSPS) is 16.8. The van der Waals surface area contributed by atoms with Gasteiger partial charge in [0.15, 0.2) is 0 Å². The first-order valence-corrected chi connectivity index (χ1v) is 9.09. The number of aromatic nitrogens is 2. The third kappa shape index (κ3) is 4.10. The standard InChI is InChI=1S/C20H27N3O2/c1-3-7-17-14-18(22(2)21-17)19(24)23-12-10-20(25,11-13-23)15-16-8-5-4-6-9-16/h4-6,8-9,14,25H,3,7,10-13,15H2,1-2H3. The molecule has 1 saturated heterocycles. The van der Waals surface area contributed by atoms with E-state index in [1.807, 2.05) is 48.3 Å². The monoisotopic (exact) mass is 341 g/mol. The Hall–Kier alpha value is -2.14. The van der Waals surface area contributed by atoms with Gasteiger partial charge in [0, 0.05) is 26.6 Å². The molecule has 3 rings (SSSR count). The minimum atomic E-state index is -0.724. The predicted octanol–water partition coefficient (Wildman–Crippen LogP) is 2.58. The van der Waals surface area contributed by atoms with Crippen molar-refractivity contribution in [2.75, 3.05) is 13.1 Å². The summed E-state index contributed by atoms with van der Waals surface area (Å²) >= 11 is 0. The van der Waals surface area contributed by atoms with Crippen LogP contribution in [0.5, 0.6) is 0 Å². The number of carbonyl (C=O) groups is 1. The zero-order valence-corrected chi connectivity index (χ0v) is 15.1. The summed E-state index contributed by atoms with van der Waals surface area (Å²) in [5.41, 5.74) is 2.02. The van der Waals surface area contributed by atoms with Gasteiger partial charge in [0.25, 0.3) is 5.91 Å². The van der Waals surface area contributed by atoms with E-state index in [1.54, 1.807) is 4.68 Å². The second kappa shape index (κ2) is 7.40. The first-order chi connectivity index (χ1) is 12.0. The number of likely N-dealkylation sites (tertiary alicyclic amines) is 1. The van der Waals surface area contributed by atoms with Crippen LogP contribution in [-0.4, -0.2) is 44.4 Å². The molecule has 0 bridgehead atoms. The number of piperidine rings is 1. The van der Waals surface area contributed by atoms with E-state index in [1.165, 1.54) is 0 Å². The summed E-state index contributed by atoms with van der Waals surface area (Å²) < 4.78 is 1.68. The maximum Gasteiger partial charge on any atom is 0.272 e. The van der Waals surface area contributed by atoms with Crippen molar-refractivity contribution in [1.29, 1.82) is 0 Å². The SMILES string of the molecule is CCCc1cc(C(=O)N2CCC(O)(Cc3ccccc3)CC2)n(C)n1. The van der Waals surface area contributed by atoms with Crippen molar-refractivity contribution >= 4 is 5.91 Å². The molecule has 0 aliphatic carbocycles. The Balaban J connectivity index is 1.62. The Morgan fingerprint density at radius 3 is 2.56 bits per heavy atom. The van der Waals surface area contributed by atoms with Gasteiger partial charge < -0.3 is 10.0 Å². The molecule has 0 saturated carbocycles. The molecule has 1 amide bonds. The summed E-state index contributed by atoms with van der Waals surface area (Å²) in [6.07, 6.45) is 3.75. The fourth-order valence-corrected chi connectivity index (χ4v) is 3.55. The molecule has 1 N–H and O–H groups in total. The highest BCUT2D eigenvalue weighted by Crippen LogP contribution is 2.27. The van der Waals surface area contributed by atoms with Gasteiger partial charge in [0.1, 0.15) is 5.69 Å². The van der Waals surface area contributed by atoms with Crippen molar-refractivity contribution in [3.8, 4) is 0 Å². The van der Waals surface area contributed by atoms with E-state index in [4.69, 9.17) is 0 Å². The molecule has 2 aromatic rings. The summed E-state index contributed by atoms with van der Waals surface area (Å²) in [7, 11) is 1.82. The zero-order valence-electron chi connectivity index (χ0n) is 15.1. The Morgan fingerprint density at radius 2 is 1.92 bits per heavy atom. The molecule has 1 aromatic heterocycles. The van der Waals surface area contributed by atoms with Crippen LogP contribution in [0.4, 0.5) is 0 Å². The maximum absolute atomic E-state index is 12.8. The minimum Gasteiger partial charge on any atom is -0.389 e. The number of aliphatic hydroxyl groups is 1. The lowest BCUT2D eigenvalue weighted by Gasteiger charge is -2.38. The molecule has 0 spiro atoms. The molecular formula is C20H27N3O2. The van der Waals surface area contributed by atoms with E-state index in [0.717, 1.165) is 24.1 Å². The fraction of sp³-hybridized carbons (Fsp3) is 0.500. The van der Waals surface area contributed by atoms with Crippen LogP contribution in [0.2, 0.25) is 0 Å². The quantitative estimate of drug-likeness (QED) is 0.909. The van der Waals surface area contributed by atoms with Crippen molar-refractivity contribution in [2.45, 2.75) is 44.6 Å². The van der Waals surface area contributed by atoms with Crippen LogP contribution in [0.3, 0.4) is 0 Å². The molecule has 2 heterocycles. The third-order valence-corrected chi connectivity index (χ3v) is 5.01. The first kappa shape index (κ1) is 17.7. The van der Waals surface area contributed by atoms with E-state index in [9.17, 15) is 9.90 Å². The summed E-state index contributed by atoms with van der Waals surface area (Å²) in [5, 5.41) is 15.3. The number of hydrogen-bond donors (Lipinski definition) is 1. The highest BCUT2D eigenvalue weighted by Gasteiger charge is 2.34. The summed E-state index contributed by atoms with van der Waals surface area (Å²) in [4.78, 5) is 14.6. The van der Waals surface area contributed by atoms with Gasteiger partial charge in [-0.15, -0.1) is 0 Å². The molecule has 0 atom stereocenters. The number of carbonyl (C=O) groups excluding carboxylic acids is 1. The van der Waals surface area contributed by atoms with Gasteiger partial charge in [-0.2, -0.15) is 5.10 Å². The highest BCUT2D eigenvalue weighted by atomic mass is 16.3. The Kier molecular flexibility index (Phi) is 5.23. The molecule has 1 aliphatic heterocycles. The van der Waals surface area contributed by atoms with Gasteiger partial charge in [0.2, 0.25) is 0 Å². The first-order valence-electron chi connectivity index (χ1n) is 9.09. The number of amides is 1. The largest absolute Gasteiger partial charge is 0.389 e. The predicted molar refractivity (Wildman–Crippen MR) is 97.4 cm³/mol. The molecule has 1 aromatic carbocycles. The lowest BCUT2D eigenvalue weighted by atomic mass is 9.85. The van der Waals surface area contributed by atoms with E-state index < -0.39 is 5.60 Å². The number of aryl methyl sites for hydroxylation is 2. The lowest BCUT2D eigenvalue weighted by molar-refractivity contribution is -0.0164. The molecule has 0 unspecified atom stereocenters. The van der Waals surface area contributed by atoms with Gasteiger partial charge in [-0.3, -0.25) is 9.48 Å². The van der Waals surface area contributed by atoms with Crippen LogP contribution in [-0.2, 0) is 19.9 Å². The van der Waals surface area contributed by atoms with Crippen LogP contribution < -0.4 is 0 Å². The topological polar surface area (TPSA) is 58.4 Å². The maximum atomic E-state index is 12.8. The number of nitrogens with zero attached hydrogens (tertiary/aromatic N) is 3. The Labute approximate surface area is 149 Å². The second-order valence-electron chi connectivity index (χ2n) is 7.07. The smallest absolute Gasteiger partial charge is 0.272 e. The van der Waals surface area contributed by atoms with Gasteiger partial charge in [-0.05, 0) is 30.9 Å². The molecule has 5 heteroatoms. The molecule has 5 nitrogen and oxygen atoms in total. The number of hydrogen-bond acceptors (Lipinski definition) is 3. The average Bonchev–Trinajstić information content (AvgIpc) is 2.96. The molecule has 0 radical (unpaired) electrons. The van der Waals surface area contributed by atoms with Crippen LogP contribution in [0.15, 0.2) is 36.4 Å². The summed E-state index contributed by atoms with van der Waals surface area (Å²) in [6.45, 7) is 3.27. The van der Waals surface area contributed by atoms with Crippen molar-refractivity contribution in [3.05, 3.63) is 53.3 Å². The van der Waals surface area contributed by atoms with Crippen molar-refractivity contribution < 1.29 is 9.90 Å². The summed E-state index contributed by atoms with van der Waals surface area (Å²) in [5.74, 6) is 0.0131. The summed E-state index contributed by atoms with van der Waals surface area (Å²) in [6, 6.07) is 12.0. The van der Waals surface area contributed by atoms with E-state index in [0.29, 0.717) is 38.0 Å². The lowest BCUT2D eigenvalue weighted by Crippen LogP contribution is -2.48. The van der Waals surface area contributed by atoms with E-state index in [2.05, 4.69) is 12.0 Å². The number of rotatable bonds is 5. The van der Waals surface area contributed by atoms with Crippen LogP contribution in [0.25, 0.3) is 0 Å². The third-order valence-electron chi connectivity index (χ3n) is 5.01. The molecule has 25 heavy (non-hydrogen) atoms. The van der Waals surface area contributed by atoms with E-state index in [-0.39, 0.29) is 5.91 Å². The van der Waals surface area contributed by atoms with Crippen molar-refractivity contribution in [1.82, 2.24) is 14.7 Å². The van der Waals surface area contributed by atoms with Gasteiger partial charge in [-0.1, -0.05) is 43.7 Å². The minimum absolute atomic E-state index is 0.0131. The second-order valence-corrected chi connectivity index (χ2v) is 7.07. The van der Waals surface area contributed by atoms with Crippen LogP contribution >= 0.6 is 0 Å². The molecular weight excluding hydrogens is 314 g/mol. The number of benzene rings is 1. The molecule has 1 fully saturated rings. The zero-order chi connectivity index (χ0) is 17.9. The van der Waals surface area contributed by atoms with Crippen LogP contribution in [0.1, 0.15) is 47.9 Å². The highest BCUT2D eigenvalue weighted by molar-refractivity contribution is 5.92. The van der Waals surface area contributed by atoms with E-state index >= 15 is 0 Å². The Morgan fingerprint density at radius 1 is 1.24 bits per heavy atom. The van der Waals surface area contributed by atoms with Gasteiger partial charge in [0.05, 0.1) is 11.3 Å². The average molecular weight is 341 g/mol. The Bertz CT molecular complexity index is 716.